The molecular formula is C26H30ClN3O2S. The van der Waals surface area contributed by atoms with E-state index in [2.05, 4.69) is 19.2 Å². The van der Waals surface area contributed by atoms with Gasteiger partial charge in [0.1, 0.15) is 0 Å². The Labute approximate surface area is 204 Å². The van der Waals surface area contributed by atoms with Gasteiger partial charge in [-0.15, -0.1) is 11.8 Å². The number of amides is 3. The molecule has 2 aromatic rings. The molecule has 2 aliphatic heterocycles. The summed E-state index contributed by atoms with van der Waals surface area (Å²) < 4.78 is -0.257. The van der Waals surface area contributed by atoms with Gasteiger partial charge in [-0.25, -0.2) is 4.79 Å². The Morgan fingerprint density at radius 2 is 1.79 bits per heavy atom. The molecule has 174 valence electrons. The van der Waals surface area contributed by atoms with Gasteiger partial charge < -0.3 is 10.2 Å². The van der Waals surface area contributed by atoms with Crippen LogP contribution in [-0.4, -0.2) is 34.2 Å². The molecule has 3 amide bonds. The molecular weight excluding hydrogens is 454 g/mol. The minimum Gasteiger partial charge on any atom is -0.335 e. The van der Waals surface area contributed by atoms with E-state index in [4.69, 9.17) is 11.6 Å². The lowest BCUT2D eigenvalue weighted by atomic mass is 9.95. The van der Waals surface area contributed by atoms with Gasteiger partial charge in [0.05, 0.1) is 12.2 Å². The first-order chi connectivity index (χ1) is 15.8. The second-order valence-electron chi connectivity index (χ2n) is 9.88. The van der Waals surface area contributed by atoms with E-state index in [0.717, 1.165) is 42.5 Å². The van der Waals surface area contributed by atoms with E-state index in [-0.39, 0.29) is 22.7 Å². The summed E-state index contributed by atoms with van der Waals surface area (Å²) in [5, 5.41) is 3.89. The molecule has 1 aliphatic carbocycles. The molecule has 1 atom stereocenters. The third-order valence-electron chi connectivity index (χ3n) is 6.90. The van der Waals surface area contributed by atoms with E-state index in [1.54, 1.807) is 21.6 Å². The van der Waals surface area contributed by atoms with Crippen molar-refractivity contribution >= 4 is 41.0 Å². The quantitative estimate of drug-likeness (QED) is 0.590. The van der Waals surface area contributed by atoms with Gasteiger partial charge in [-0.05, 0) is 44.4 Å². The number of urea groups is 1. The van der Waals surface area contributed by atoms with Gasteiger partial charge in [0.15, 0.2) is 4.87 Å². The maximum Gasteiger partial charge on any atom is 0.319 e. The van der Waals surface area contributed by atoms with Crippen LogP contribution < -0.4 is 10.2 Å². The molecule has 33 heavy (non-hydrogen) atoms. The van der Waals surface area contributed by atoms with E-state index in [1.807, 2.05) is 48.5 Å². The lowest BCUT2D eigenvalue weighted by Gasteiger charge is -2.35. The van der Waals surface area contributed by atoms with Crippen molar-refractivity contribution in [2.24, 2.45) is 0 Å². The highest BCUT2D eigenvalue weighted by Gasteiger charge is 2.63. The molecule has 1 spiro atoms. The number of hydrogen-bond donors (Lipinski definition) is 1. The second-order valence-corrected chi connectivity index (χ2v) is 12.2. The highest BCUT2D eigenvalue weighted by molar-refractivity contribution is 8.02. The summed E-state index contributed by atoms with van der Waals surface area (Å²) in [4.78, 5) is 30.4. The number of benzene rings is 2. The highest BCUT2D eigenvalue weighted by atomic mass is 35.5. The number of hydrogen-bond acceptors (Lipinski definition) is 3. The van der Waals surface area contributed by atoms with Crippen molar-refractivity contribution in [3.8, 4) is 0 Å². The van der Waals surface area contributed by atoms with Gasteiger partial charge in [-0.2, -0.15) is 0 Å². The molecule has 7 heteroatoms. The number of para-hydroxylation sites is 1. The number of thioether (sulfide) groups is 1. The van der Waals surface area contributed by atoms with Crippen molar-refractivity contribution in [1.82, 2.24) is 10.2 Å². The zero-order valence-corrected chi connectivity index (χ0v) is 20.7. The summed E-state index contributed by atoms with van der Waals surface area (Å²) in [7, 11) is 0. The molecule has 2 aromatic carbocycles. The minimum atomic E-state index is -1.07. The van der Waals surface area contributed by atoms with Gasteiger partial charge in [0, 0.05) is 27.9 Å². The van der Waals surface area contributed by atoms with E-state index in [1.165, 1.54) is 6.42 Å². The number of anilines is 1. The molecule has 2 heterocycles. The maximum absolute atomic E-state index is 14.2. The van der Waals surface area contributed by atoms with Crippen LogP contribution in [0.2, 0.25) is 5.02 Å². The summed E-state index contributed by atoms with van der Waals surface area (Å²) in [6, 6.07) is 15.5. The number of carbonyl (C=O) groups is 2. The third kappa shape index (κ3) is 3.91. The van der Waals surface area contributed by atoms with Gasteiger partial charge >= 0.3 is 6.03 Å². The van der Waals surface area contributed by atoms with Gasteiger partial charge in [0.25, 0.3) is 5.91 Å². The smallest absolute Gasteiger partial charge is 0.319 e. The predicted octanol–water partition coefficient (Wildman–Crippen LogP) is 5.91. The fourth-order valence-corrected chi connectivity index (χ4v) is 7.34. The molecule has 5 rings (SSSR count). The average molecular weight is 484 g/mol. The molecule has 1 saturated heterocycles. The summed E-state index contributed by atoms with van der Waals surface area (Å²) in [5.74, 6) is -0.0713. The van der Waals surface area contributed by atoms with Crippen LogP contribution in [-0.2, 0) is 16.2 Å². The number of halogens is 1. The maximum atomic E-state index is 14.2. The van der Waals surface area contributed by atoms with Crippen LogP contribution in [0.4, 0.5) is 10.5 Å². The van der Waals surface area contributed by atoms with Crippen LogP contribution in [0.5, 0.6) is 0 Å². The number of nitrogens with one attached hydrogen (secondary N) is 1. The molecule has 1 saturated carbocycles. The van der Waals surface area contributed by atoms with Crippen LogP contribution in [0.1, 0.15) is 57.1 Å². The topological polar surface area (TPSA) is 52.7 Å². The Morgan fingerprint density at radius 1 is 1.09 bits per heavy atom. The van der Waals surface area contributed by atoms with Crippen molar-refractivity contribution in [1.29, 1.82) is 0 Å². The SMILES string of the molecule is CC1(C)CN(C(=O)NC2CCCCC2)[C@@]2(S1)C(=O)N(Cc1ccccc1Cl)c1ccccc12. The molecule has 5 nitrogen and oxygen atoms in total. The average Bonchev–Trinajstić information content (AvgIpc) is 3.22. The number of nitrogens with zero attached hydrogens (tertiary/aromatic N) is 2. The summed E-state index contributed by atoms with van der Waals surface area (Å²) >= 11 is 8.03. The van der Waals surface area contributed by atoms with Crippen LogP contribution in [0.15, 0.2) is 48.5 Å². The fraction of sp³-hybridized carbons (Fsp3) is 0.462. The largest absolute Gasteiger partial charge is 0.335 e. The van der Waals surface area contributed by atoms with E-state index in [0.29, 0.717) is 18.1 Å². The lowest BCUT2D eigenvalue weighted by molar-refractivity contribution is -0.123. The zero-order valence-electron chi connectivity index (χ0n) is 19.1. The standard InChI is InChI=1S/C26H30ClN3O2S/c1-25(2)17-30(24(32)28-19-11-4-3-5-12-19)26(33-25)20-13-7-9-15-22(20)29(23(26)31)16-18-10-6-8-14-21(18)27/h6-10,13-15,19H,3-5,11-12,16-17H2,1-2H3,(H,28,32)/t26-/m0/s1. The van der Waals surface area contributed by atoms with Crippen LogP contribution in [0, 0.1) is 0 Å². The van der Waals surface area contributed by atoms with Crippen LogP contribution in [0.25, 0.3) is 0 Å². The summed E-state index contributed by atoms with van der Waals surface area (Å²) in [6.45, 7) is 5.10. The predicted molar refractivity (Wildman–Crippen MR) is 135 cm³/mol. The number of rotatable bonds is 3. The summed E-state index contributed by atoms with van der Waals surface area (Å²) in [6.07, 6.45) is 5.53. The lowest BCUT2D eigenvalue weighted by Crippen LogP contribution is -2.55. The van der Waals surface area contributed by atoms with Crippen LogP contribution in [0.3, 0.4) is 0 Å². The van der Waals surface area contributed by atoms with Crippen LogP contribution >= 0.6 is 23.4 Å². The highest BCUT2D eigenvalue weighted by Crippen LogP contribution is 2.59. The molecule has 0 unspecified atom stereocenters. The van der Waals surface area contributed by atoms with E-state index < -0.39 is 4.87 Å². The Balaban J connectivity index is 1.53. The first-order valence-electron chi connectivity index (χ1n) is 11.7. The van der Waals surface area contributed by atoms with Gasteiger partial charge in [-0.1, -0.05) is 67.3 Å². The Bertz CT molecular complexity index is 1080. The third-order valence-corrected chi connectivity index (χ3v) is 8.86. The second kappa shape index (κ2) is 8.55. The van der Waals surface area contributed by atoms with E-state index in [9.17, 15) is 9.59 Å². The van der Waals surface area contributed by atoms with Crippen molar-refractivity contribution in [3.05, 3.63) is 64.7 Å². The van der Waals surface area contributed by atoms with E-state index >= 15 is 0 Å². The number of fused-ring (bicyclic) bond motifs is 2. The molecule has 0 bridgehead atoms. The Morgan fingerprint density at radius 3 is 2.55 bits per heavy atom. The van der Waals surface area contributed by atoms with Crippen molar-refractivity contribution in [3.63, 3.8) is 0 Å². The Kier molecular flexibility index (Phi) is 5.86. The molecule has 3 aliphatic rings. The van der Waals surface area contributed by atoms with Crippen molar-refractivity contribution in [2.45, 2.75) is 68.2 Å². The normalized spacial score (nSPS) is 24.4. The first kappa shape index (κ1) is 22.6. The first-order valence-corrected chi connectivity index (χ1v) is 12.9. The van der Waals surface area contributed by atoms with Gasteiger partial charge in [-0.3, -0.25) is 9.69 Å². The molecule has 0 aromatic heterocycles. The zero-order chi connectivity index (χ0) is 23.2. The van der Waals surface area contributed by atoms with Gasteiger partial charge in [0.2, 0.25) is 0 Å². The van der Waals surface area contributed by atoms with Crippen molar-refractivity contribution < 1.29 is 9.59 Å². The molecule has 2 fully saturated rings. The summed E-state index contributed by atoms with van der Waals surface area (Å²) in [5.41, 5.74) is 2.62. The monoisotopic (exact) mass is 483 g/mol. The molecule has 0 radical (unpaired) electrons. The number of carbonyl (C=O) groups excluding carboxylic acids is 2. The minimum absolute atomic E-state index is 0.0713. The molecule has 1 N–H and O–H groups in total. The fourth-order valence-electron chi connectivity index (χ4n) is 5.41. The Hall–Kier alpha value is -2.18. The van der Waals surface area contributed by atoms with Crippen molar-refractivity contribution in [2.75, 3.05) is 11.4 Å².